The Kier molecular flexibility index (Phi) is 5.25. The predicted octanol–water partition coefficient (Wildman–Crippen LogP) is 2.32. The Morgan fingerprint density at radius 2 is 1.50 bits per heavy atom. The van der Waals surface area contributed by atoms with Gasteiger partial charge in [-0.1, -0.05) is 30.3 Å². The highest BCUT2D eigenvalue weighted by atomic mass is 16.5. The average molecular weight is 244 g/mol. The number of carbonyl (C=O) groups is 1. The minimum Gasteiger partial charge on any atom is -0.465 e. The fraction of sp³-hybridized carbons (Fsp3) is 0.0714. The fourth-order valence-electron chi connectivity index (χ4n) is 1.25. The Hall–Kier alpha value is -2.49. The Morgan fingerprint density at radius 1 is 0.944 bits per heavy atom. The second-order valence-electron chi connectivity index (χ2n) is 3.49. The zero-order chi connectivity index (χ0) is 13.4. The molecule has 0 spiro atoms. The zero-order valence-electron chi connectivity index (χ0n) is 10.2. The maximum Gasteiger partial charge on any atom is 0.339 e. The molecule has 2 aromatic carbocycles. The van der Waals surface area contributed by atoms with Gasteiger partial charge >= 0.3 is 5.97 Å². The van der Waals surface area contributed by atoms with E-state index in [1.165, 1.54) is 7.11 Å². The summed E-state index contributed by atoms with van der Waals surface area (Å²) in [5.41, 5.74) is 12.5. The third-order valence-electron chi connectivity index (χ3n) is 2.17. The van der Waals surface area contributed by atoms with Crippen LogP contribution >= 0.6 is 0 Å². The molecule has 94 valence electrons. The van der Waals surface area contributed by atoms with E-state index in [4.69, 9.17) is 11.5 Å². The lowest BCUT2D eigenvalue weighted by Gasteiger charge is -2.00. The van der Waals surface area contributed by atoms with Crippen LogP contribution in [0.15, 0.2) is 54.6 Å². The van der Waals surface area contributed by atoms with Gasteiger partial charge in [0.05, 0.1) is 12.7 Å². The van der Waals surface area contributed by atoms with Crippen LogP contribution < -0.4 is 11.5 Å². The lowest BCUT2D eigenvalue weighted by Crippen LogP contribution is -2.04. The first-order chi connectivity index (χ1) is 8.65. The minimum atomic E-state index is -0.400. The molecule has 0 bridgehead atoms. The van der Waals surface area contributed by atoms with E-state index >= 15 is 0 Å². The number of benzene rings is 2. The van der Waals surface area contributed by atoms with Gasteiger partial charge in [-0.25, -0.2) is 4.79 Å². The maximum absolute atomic E-state index is 10.9. The lowest BCUT2D eigenvalue weighted by molar-refractivity contribution is 0.0602. The number of nitrogens with two attached hydrogens (primary N) is 2. The average Bonchev–Trinajstić information content (AvgIpc) is 2.40. The Labute approximate surface area is 106 Å². The Morgan fingerprint density at radius 3 is 1.94 bits per heavy atom. The smallest absolute Gasteiger partial charge is 0.339 e. The quantitative estimate of drug-likeness (QED) is 0.596. The molecular formula is C14H16N2O2. The number of anilines is 2. The molecular weight excluding hydrogens is 228 g/mol. The van der Waals surface area contributed by atoms with E-state index in [0.717, 1.165) is 5.69 Å². The number of hydrogen-bond donors (Lipinski definition) is 2. The molecule has 0 atom stereocenters. The van der Waals surface area contributed by atoms with E-state index in [-0.39, 0.29) is 0 Å². The number of rotatable bonds is 1. The molecule has 0 heterocycles. The third-order valence-corrected chi connectivity index (χ3v) is 2.17. The first-order valence-corrected chi connectivity index (χ1v) is 5.38. The van der Waals surface area contributed by atoms with Gasteiger partial charge in [0.1, 0.15) is 0 Å². The second kappa shape index (κ2) is 6.96. The number of nitrogen functional groups attached to an aromatic ring is 2. The fourth-order valence-corrected chi connectivity index (χ4v) is 1.25. The van der Waals surface area contributed by atoms with Crippen molar-refractivity contribution in [2.24, 2.45) is 0 Å². The number of ether oxygens (including phenoxy) is 1. The largest absolute Gasteiger partial charge is 0.465 e. The van der Waals surface area contributed by atoms with Crippen LogP contribution in [0.4, 0.5) is 11.4 Å². The summed E-state index contributed by atoms with van der Waals surface area (Å²) in [7, 11) is 1.33. The topological polar surface area (TPSA) is 78.3 Å². The van der Waals surface area contributed by atoms with Gasteiger partial charge in [-0.15, -0.1) is 0 Å². The molecule has 0 aliphatic heterocycles. The molecule has 0 aliphatic rings. The molecule has 2 aromatic rings. The minimum absolute atomic E-state index is 0.400. The van der Waals surface area contributed by atoms with Gasteiger partial charge in [-0.2, -0.15) is 0 Å². The summed E-state index contributed by atoms with van der Waals surface area (Å²) in [5, 5.41) is 0. The Balaban J connectivity index is 0.000000199. The summed E-state index contributed by atoms with van der Waals surface area (Å²) in [6.45, 7) is 0. The van der Waals surface area contributed by atoms with Crippen molar-refractivity contribution >= 4 is 17.3 Å². The zero-order valence-corrected chi connectivity index (χ0v) is 10.2. The van der Waals surface area contributed by atoms with Crippen LogP contribution in [0, 0.1) is 0 Å². The van der Waals surface area contributed by atoms with Crippen molar-refractivity contribution in [3.8, 4) is 0 Å². The molecule has 0 saturated carbocycles. The summed E-state index contributed by atoms with van der Waals surface area (Å²) < 4.78 is 4.50. The summed E-state index contributed by atoms with van der Waals surface area (Å²) >= 11 is 0. The molecule has 4 heteroatoms. The molecule has 0 amide bonds. The van der Waals surface area contributed by atoms with E-state index in [0.29, 0.717) is 11.3 Å². The van der Waals surface area contributed by atoms with Gasteiger partial charge in [0.2, 0.25) is 0 Å². The van der Waals surface area contributed by atoms with Gasteiger partial charge in [-0.3, -0.25) is 0 Å². The van der Waals surface area contributed by atoms with E-state index < -0.39 is 5.97 Å². The van der Waals surface area contributed by atoms with Crippen LogP contribution in [0.25, 0.3) is 0 Å². The van der Waals surface area contributed by atoms with Crippen molar-refractivity contribution in [1.29, 1.82) is 0 Å². The van der Waals surface area contributed by atoms with Crippen molar-refractivity contribution in [2.75, 3.05) is 18.6 Å². The van der Waals surface area contributed by atoms with Gasteiger partial charge in [0.25, 0.3) is 0 Å². The van der Waals surface area contributed by atoms with Crippen molar-refractivity contribution in [2.45, 2.75) is 0 Å². The normalized spacial score (nSPS) is 8.94. The van der Waals surface area contributed by atoms with Crippen molar-refractivity contribution in [3.05, 3.63) is 60.2 Å². The number of methoxy groups -OCH3 is 1. The van der Waals surface area contributed by atoms with Gasteiger partial charge in [-0.05, 0) is 24.3 Å². The van der Waals surface area contributed by atoms with Crippen LogP contribution in [0.3, 0.4) is 0 Å². The standard InChI is InChI=1S/C8H9NO2.C6H7N/c1-11-8(10)6-4-2-3-5-7(6)9;7-6-4-2-1-3-5-6/h2-5H,9H2,1H3;1-5H,7H2. The van der Waals surface area contributed by atoms with E-state index in [9.17, 15) is 4.79 Å². The van der Waals surface area contributed by atoms with Gasteiger partial charge in [0.15, 0.2) is 0 Å². The first-order valence-electron chi connectivity index (χ1n) is 5.38. The molecule has 18 heavy (non-hydrogen) atoms. The molecule has 0 aliphatic carbocycles. The summed E-state index contributed by atoms with van der Waals surface area (Å²) in [6, 6.07) is 16.3. The lowest BCUT2D eigenvalue weighted by atomic mass is 10.2. The van der Waals surface area contributed by atoms with Crippen molar-refractivity contribution in [1.82, 2.24) is 0 Å². The summed E-state index contributed by atoms with van der Waals surface area (Å²) in [4.78, 5) is 10.9. The van der Waals surface area contributed by atoms with Gasteiger partial charge in [0, 0.05) is 11.4 Å². The molecule has 4 nitrogen and oxygen atoms in total. The van der Waals surface area contributed by atoms with Crippen LogP contribution in [0.2, 0.25) is 0 Å². The molecule has 0 fully saturated rings. The number of carbonyl (C=O) groups excluding carboxylic acids is 1. The SMILES string of the molecule is COC(=O)c1ccccc1N.Nc1ccccc1. The van der Waals surface area contributed by atoms with E-state index in [1.807, 2.05) is 30.3 Å². The van der Waals surface area contributed by atoms with Crippen LogP contribution in [0.1, 0.15) is 10.4 Å². The molecule has 0 saturated heterocycles. The van der Waals surface area contributed by atoms with Crippen molar-refractivity contribution in [3.63, 3.8) is 0 Å². The number of hydrogen-bond acceptors (Lipinski definition) is 4. The highest BCUT2D eigenvalue weighted by Crippen LogP contribution is 2.10. The monoisotopic (exact) mass is 244 g/mol. The molecule has 0 aromatic heterocycles. The van der Waals surface area contributed by atoms with E-state index in [1.54, 1.807) is 24.3 Å². The van der Waals surface area contributed by atoms with Gasteiger partial charge < -0.3 is 16.2 Å². The predicted molar refractivity (Wildman–Crippen MR) is 73.0 cm³/mol. The molecule has 0 radical (unpaired) electrons. The maximum atomic E-state index is 10.9. The Bertz CT molecular complexity index is 498. The second-order valence-corrected chi connectivity index (χ2v) is 3.49. The molecule has 0 unspecified atom stereocenters. The van der Waals surface area contributed by atoms with E-state index in [2.05, 4.69) is 4.74 Å². The summed E-state index contributed by atoms with van der Waals surface area (Å²) in [6.07, 6.45) is 0. The van der Waals surface area contributed by atoms with Crippen LogP contribution in [-0.4, -0.2) is 13.1 Å². The summed E-state index contributed by atoms with van der Waals surface area (Å²) in [5.74, 6) is -0.400. The first kappa shape index (κ1) is 13.6. The number of para-hydroxylation sites is 2. The molecule has 4 N–H and O–H groups in total. The molecule has 2 rings (SSSR count). The van der Waals surface area contributed by atoms with Crippen LogP contribution in [-0.2, 0) is 4.74 Å². The van der Waals surface area contributed by atoms with Crippen molar-refractivity contribution < 1.29 is 9.53 Å². The van der Waals surface area contributed by atoms with Crippen LogP contribution in [0.5, 0.6) is 0 Å². The highest BCUT2D eigenvalue weighted by molar-refractivity contribution is 5.94. The highest BCUT2D eigenvalue weighted by Gasteiger charge is 2.06. The third kappa shape index (κ3) is 4.17. The number of esters is 1.